The highest BCUT2D eigenvalue weighted by atomic mass is 16.4. The van der Waals surface area contributed by atoms with Crippen LogP contribution < -0.4 is 17.2 Å². The lowest BCUT2D eigenvalue weighted by Gasteiger charge is -2.22. The molecule has 0 spiro atoms. The average Bonchev–Trinajstić information content (AvgIpc) is 2.54. The molecule has 0 aliphatic carbocycles. The molecule has 1 rings (SSSR count). The molecule has 0 saturated carbocycles. The predicted octanol–water partition coefficient (Wildman–Crippen LogP) is -2.42. The zero-order chi connectivity index (χ0) is 14.6. The molecule has 0 radical (unpaired) electrons. The maximum Gasteiger partial charge on any atom is 0.326 e. The third kappa shape index (κ3) is 3.65. The summed E-state index contributed by atoms with van der Waals surface area (Å²) < 4.78 is 0. The molecule has 9 nitrogen and oxygen atoms in total. The second kappa shape index (κ2) is 6.14. The Morgan fingerprint density at radius 2 is 2.11 bits per heavy atom. The van der Waals surface area contributed by atoms with Crippen LogP contribution in [0.3, 0.4) is 0 Å². The summed E-state index contributed by atoms with van der Waals surface area (Å²) in [5.74, 6) is -2.56. The smallest absolute Gasteiger partial charge is 0.326 e. The van der Waals surface area contributed by atoms with E-state index >= 15 is 0 Å². The van der Waals surface area contributed by atoms with Gasteiger partial charge in [-0.25, -0.2) is 4.79 Å². The predicted molar refractivity (Wildman–Crippen MR) is 65.8 cm³/mol. The molecule has 1 fully saturated rings. The van der Waals surface area contributed by atoms with Gasteiger partial charge in [-0.1, -0.05) is 0 Å². The van der Waals surface area contributed by atoms with Crippen LogP contribution in [0.5, 0.6) is 0 Å². The molecule has 1 saturated heterocycles. The Morgan fingerprint density at radius 1 is 1.47 bits per heavy atom. The Morgan fingerprint density at radius 3 is 2.53 bits per heavy atom. The van der Waals surface area contributed by atoms with Gasteiger partial charge in [0.25, 0.3) is 0 Å². The van der Waals surface area contributed by atoms with E-state index in [1.54, 1.807) is 0 Å². The van der Waals surface area contributed by atoms with Gasteiger partial charge in [-0.05, 0) is 12.8 Å². The van der Waals surface area contributed by atoms with E-state index in [4.69, 9.17) is 22.3 Å². The van der Waals surface area contributed by atoms with E-state index in [2.05, 4.69) is 4.99 Å². The van der Waals surface area contributed by atoms with E-state index in [-0.39, 0.29) is 25.3 Å². The summed E-state index contributed by atoms with van der Waals surface area (Å²) in [6.07, 6.45) is 0.258. The summed E-state index contributed by atoms with van der Waals surface area (Å²) in [7, 11) is 0. The van der Waals surface area contributed by atoms with Gasteiger partial charge in [0.2, 0.25) is 11.8 Å². The number of nitrogens with zero attached hydrogens (tertiary/aromatic N) is 2. The third-order valence-corrected chi connectivity index (χ3v) is 2.74. The van der Waals surface area contributed by atoms with Crippen molar-refractivity contribution < 1.29 is 19.5 Å². The van der Waals surface area contributed by atoms with Gasteiger partial charge in [0.15, 0.2) is 5.96 Å². The lowest BCUT2D eigenvalue weighted by molar-refractivity contribution is -0.154. The van der Waals surface area contributed by atoms with Gasteiger partial charge in [-0.2, -0.15) is 0 Å². The number of guanidine groups is 1. The topological polar surface area (TPSA) is 165 Å². The summed E-state index contributed by atoms with van der Waals surface area (Å²) in [6, 6.07) is -2.17. The second-order valence-electron chi connectivity index (χ2n) is 4.22. The number of rotatable bonds is 6. The average molecular weight is 271 g/mol. The zero-order valence-electron chi connectivity index (χ0n) is 10.3. The van der Waals surface area contributed by atoms with Gasteiger partial charge in [0.05, 0.1) is 12.5 Å². The monoisotopic (exact) mass is 271 g/mol. The van der Waals surface area contributed by atoms with Crippen molar-refractivity contribution in [2.45, 2.75) is 31.3 Å². The SMILES string of the molecule is NC(N)=NCCC[C@@H](C(=O)O)N1C(=O)C[C@H](N)C1=O. The summed E-state index contributed by atoms with van der Waals surface area (Å²) in [5, 5.41) is 9.09. The number of imide groups is 1. The van der Waals surface area contributed by atoms with Gasteiger partial charge in [0.1, 0.15) is 6.04 Å². The highest BCUT2D eigenvalue weighted by Crippen LogP contribution is 2.18. The highest BCUT2D eigenvalue weighted by Gasteiger charge is 2.42. The van der Waals surface area contributed by atoms with Gasteiger partial charge < -0.3 is 22.3 Å². The first-order valence-electron chi connectivity index (χ1n) is 5.74. The Kier molecular flexibility index (Phi) is 4.81. The number of nitrogens with two attached hydrogens (primary N) is 3. The van der Waals surface area contributed by atoms with Crippen molar-refractivity contribution in [3.8, 4) is 0 Å². The number of carboxylic acid groups (broad SMARTS) is 1. The Labute approximate surface area is 109 Å². The quantitative estimate of drug-likeness (QED) is 0.180. The van der Waals surface area contributed by atoms with Crippen LogP contribution >= 0.6 is 0 Å². The van der Waals surface area contributed by atoms with Crippen molar-refractivity contribution in [2.24, 2.45) is 22.2 Å². The van der Waals surface area contributed by atoms with E-state index in [0.717, 1.165) is 4.90 Å². The first-order chi connectivity index (χ1) is 8.84. The molecular weight excluding hydrogens is 254 g/mol. The fourth-order valence-corrected chi connectivity index (χ4v) is 1.86. The molecule has 0 unspecified atom stereocenters. The van der Waals surface area contributed by atoms with Crippen LogP contribution in [-0.4, -0.2) is 52.4 Å². The summed E-state index contributed by atoms with van der Waals surface area (Å²) in [4.78, 5) is 38.8. The maximum absolute atomic E-state index is 11.7. The van der Waals surface area contributed by atoms with Crippen LogP contribution in [0.4, 0.5) is 0 Å². The molecular formula is C10H17N5O4. The Bertz CT molecular complexity index is 418. The van der Waals surface area contributed by atoms with E-state index in [0.29, 0.717) is 6.42 Å². The van der Waals surface area contributed by atoms with Crippen LogP contribution in [0.1, 0.15) is 19.3 Å². The van der Waals surface area contributed by atoms with Crippen molar-refractivity contribution in [3.05, 3.63) is 0 Å². The molecule has 2 atom stereocenters. The Balaban J connectivity index is 2.68. The summed E-state index contributed by atoms with van der Waals surface area (Å²) in [5.41, 5.74) is 15.7. The molecule has 0 aromatic carbocycles. The third-order valence-electron chi connectivity index (χ3n) is 2.74. The minimum Gasteiger partial charge on any atom is -0.480 e. The van der Waals surface area contributed by atoms with Crippen molar-refractivity contribution in [2.75, 3.05) is 6.54 Å². The van der Waals surface area contributed by atoms with E-state index in [1.807, 2.05) is 0 Å². The van der Waals surface area contributed by atoms with E-state index in [9.17, 15) is 14.4 Å². The van der Waals surface area contributed by atoms with Gasteiger partial charge >= 0.3 is 5.97 Å². The lowest BCUT2D eigenvalue weighted by atomic mass is 10.1. The first-order valence-corrected chi connectivity index (χ1v) is 5.74. The number of hydrogen-bond acceptors (Lipinski definition) is 5. The van der Waals surface area contributed by atoms with Crippen molar-refractivity contribution >= 4 is 23.7 Å². The molecule has 0 bridgehead atoms. The minimum atomic E-state index is -1.25. The molecule has 19 heavy (non-hydrogen) atoms. The molecule has 2 amide bonds. The minimum absolute atomic E-state index is 0.0797. The number of amides is 2. The van der Waals surface area contributed by atoms with E-state index in [1.165, 1.54) is 0 Å². The second-order valence-corrected chi connectivity index (χ2v) is 4.22. The van der Waals surface area contributed by atoms with Crippen LogP contribution in [0.2, 0.25) is 0 Å². The maximum atomic E-state index is 11.7. The van der Waals surface area contributed by atoms with Crippen molar-refractivity contribution in [1.29, 1.82) is 0 Å². The molecule has 106 valence electrons. The van der Waals surface area contributed by atoms with Crippen LogP contribution in [0.15, 0.2) is 4.99 Å². The van der Waals surface area contributed by atoms with Crippen LogP contribution in [0.25, 0.3) is 0 Å². The highest BCUT2D eigenvalue weighted by molar-refractivity contribution is 6.07. The summed E-state index contributed by atoms with van der Waals surface area (Å²) in [6.45, 7) is 0.231. The normalized spacial score (nSPS) is 20.5. The van der Waals surface area contributed by atoms with Crippen LogP contribution in [-0.2, 0) is 14.4 Å². The number of carboxylic acids is 1. The van der Waals surface area contributed by atoms with Crippen molar-refractivity contribution in [1.82, 2.24) is 4.90 Å². The van der Waals surface area contributed by atoms with Crippen LogP contribution in [0, 0.1) is 0 Å². The zero-order valence-corrected chi connectivity index (χ0v) is 10.3. The number of aliphatic imine (C=N–C) groups is 1. The van der Waals surface area contributed by atoms with Gasteiger partial charge in [-0.3, -0.25) is 19.5 Å². The molecule has 1 aliphatic heterocycles. The molecule has 0 aromatic rings. The molecule has 0 aromatic heterocycles. The largest absolute Gasteiger partial charge is 0.480 e. The number of likely N-dealkylation sites (tertiary alicyclic amines) is 1. The van der Waals surface area contributed by atoms with E-state index < -0.39 is 29.9 Å². The van der Waals surface area contributed by atoms with Gasteiger partial charge in [-0.15, -0.1) is 0 Å². The summed E-state index contributed by atoms with van der Waals surface area (Å²) >= 11 is 0. The standard InChI is InChI=1S/C10H17N5O4/c11-5-4-7(16)15(8(5)17)6(9(18)19)2-1-3-14-10(12)13/h5-6H,1-4,11H2,(H,18,19)(H4,12,13,14)/t5-,6-/m0/s1. The number of aliphatic carboxylic acids is 1. The van der Waals surface area contributed by atoms with Gasteiger partial charge in [0, 0.05) is 6.54 Å². The fourth-order valence-electron chi connectivity index (χ4n) is 1.86. The first kappa shape index (κ1) is 14.9. The number of hydrogen-bond donors (Lipinski definition) is 4. The molecule has 7 N–H and O–H groups in total. The van der Waals surface area contributed by atoms with Crippen molar-refractivity contribution in [3.63, 3.8) is 0 Å². The number of carbonyl (C=O) groups is 3. The fraction of sp³-hybridized carbons (Fsp3) is 0.600. The lowest BCUT2D eigenvalue weighted by Crippen LogP contribution is -2.46. The number of carbonyl (C=O) groups excluding carboxylic acids is 2. The molecule has 1 aliphatic rings. The molecule has 9 heteroatoms. The Hall–Kier alpha value is -2.16. The molecule has 1 heterocycles.